The summed E-state index contributed by atoms with van der Waals surface area (Å²) in [6.45, 7) is 9.92. The summed E-state index contributed by atoms with van der Waals surface area (Å²) in [4.78, 5) is 0. The van der Waals surface area contributed by atoms with Crippen LogP contribution in [0.1, 0.15) is 118 Å². The van der Waals surface area contributed by atoms with Gasteiger partial charge in [-0.25, -0.2) is 0 Å². The van der Waals surface area contributed by atoms with E-state index in [2.05, 4.69) is 50.1 Å². The Morgan fingerprint density at radius 1 is 0.484 bits per heavy atom. The summed E-state index contributed by atoms with van der Waals surface area (Å²) in [6.07, 6.45) is 20.0. The first kappa shape index (κ1) is 24.4. The van der Waals surface area contributed by atoms with Crippen LogP contribution < -0.4 is 10.6 Å². The molecule has 0 amide bonds. The monoisotopic (exact) mass is 448 g/mol. The second-order valence-corrected chi connectivity index (χ2v) is 13.8. The van der Waals surface area contributed by atoms with Crippen molar-refractivity contribution in [3.05, 3.63) is 0 Å². The van der Waals surface area contributed by atoms with E-state index in [0.29, 0.717) is 0 Å². The third-order valence-electron chi connectivity index (χ3n) is 9.47. The molecule has 0 spiro atoms. The van der Waals surface area contributed by atoms with Crippen molar-refractivity contribution < 1.29 is 0 Å². The highest BCUT2D eigenvalue weighted by atomic mass is 32.2. The molecule has 0 aromatic carbocycles. The molecule has 4 saturated carbocycles. The topological polar surface area (TPSA) is 24.1 Å². The molecule has 3 heteroatoms. The molecular weight excluding hydrogens is 396 g/mol. The van der Waals surface area contributed by atoms with Gasteiger partial charge < -0.3 is 10.6 Å². The minimum absolute atomic E-state index is 0.761. The number of thioether (sulfide) groups is 1. The van der Waals surface area contributed by atoms with Gasteiger partial charge in [-0.05, 0) is 87.9 Å². The second kappa shape index (κ2) is 11.6. The fraction of sp³-hybridized carbons (Fsp3) is 1.00. The molecular formula is C28H52N2S. The van der Waals surface area contributed by atoms with Crippen molar-refractivity contribution in [1.29, 1.82) is 0 Å². The third kappa shape index (κ3) is 6.66. The summed E-state index contributed by atoms with van der Waals surface area (Å²) < 4.78 is 0. The first-order valence-corrected chi connectivity index (χ1v) is 15.1. The Morgan fingerprint density at radius 2 is 0.903 bits per heavy atom. The Balaban J connectivity index is 1.34. The molecule has 4 rings (SSSR count). The van der Waals surface area contributed by atoms with Crippen LogP contribution in [-0.4, -0.2) is 34.7 Å². The second-order valence-electron chi connectivity index (χ2n) is 12.3. The molecule has 10 unspecified atom stereocenters. The predicted molar refractivity (Wildman–Crippen MR) is 138 cm³/mol. The van der Waals surface area contributed by atoms with E-state index >= 15 is 0 Å². The van der Waals surface area contributed by atoms with Gasteiger partial charge in [0.05, 0.1) is 0 Å². The van der Waals surface area contributed by atoms with Gasteiger partial charge >= 0.3 is 0 Å². The van der Waals surface area contributed by atoms with Crippen molar-refractivity contribution in [3.63, 3.8) is 0 Å². The maximum Gasteiger partial charge on any atom is 0.0204 e. The predicted octanol–water partition coefficient (Wildman–Crippen LogP) is 7.17. The number of nitrogens with one attached hydrogen (secondary N) is 2. The Bertz CT molecular complexity index is 493. The van der Waals surface area contributed by atoms with Crippen LogP contribution in [0.2, 0.25) is 0 Å². The lowest BCUT2D eigenvalue weighted by Gasteiger charge is -2.44. The normalized spacial score (nSPS) is 47.2. The Labute approximate surface area is 198 Å². The van der Waals surface area contributed by atoms with Crippen LogP contribution in [0.15, 0.2) is 0 Å². The van der Waals surface area contributed by atoms with Gasteiger partial charge in [0.2, 0.25) is 0 Å². The van der Waals surface area contributed by atoms with Gasteiger partial charge in [-0.3, -0.25) is 0 Å². The molecule has 0 saturated heterocycles. The zero-order valence-electron chi connectivity index (χ0n) is 21.1. The van der Waals surface area contributed by atoms with Gasteiger partial charge in [0.1, 0.15) is 0 Å². The van der Waals surface area contributed by atoms with Crippen molar-refractivity contribution in [3.8, 4) is 0 Å². The molecule has 2 N–H and O–H groups in total. The van der Waals surface area contributed by atoms with E-state index in [1.165, 1.54) is 89.9 Å². The molecule has 4 fully saturated rings. The zero-order valence-corrected chi connectivity index (χ0v) is 21.9. The summed E-state index contributed by atoms with van der Waals surface area (Å²) in [7, 11) is 0. The first-order chi connectivity index (χ1) is 15.0. The summed E-state index contributed by atoms with van der Waals surface area (Å²) in [6, 6.07) is 3.06. The van der Waals surface area contributed by atoms with Crippen LogP contribution in [0.25, 0.3) is 0 Å². The summed E-state index contributed by atoms with van der Waals surface area (Å²) in [5.74, 6) is 3.58. The van der Waals surface area contributed by atoms with Crippen molar-refractivity contribution in [2.45, 2.75) is 152 Å². The van der Waals surface area contributed by atoms with E-state index in [1.807, 2.05) is 0 Å². The first-order valence-electron chi connectivity index (χ1n) is 14.2. The molecule has 0 aliphatic heterocycles. The minimum Gasteiger partial charge on any atom is -0.310 e. The molecule has 0 aromatic heterocycles. The van der Waals surface area contributed by atoms with Crippen LogP contribution in [0.5, 0.6) is 0 Å². The van der Waals surface area contributed by atoms with Crippen LogP contribution >= 0.6 is 11.8 Å². The quantitative estimate of drug-likeness (QED) is 0.450. The lowest BCUT2D eigenvalue weighted by Crippen LogP contribution is -2.52. The maximum atomic E-state index is 4.23. The van der Waals surface area contributed by atoms with Gasteiger partial charge in [-0.15, -0.1) is 0 Å². The standard InChI is InChI=1S/C28H52N2S/c1-19-13-15-23(21(3)17-19)29-25-9-5-7-11-27(25)31-28-12-8-6-10-26(28)30-24-16-14-20(2)18-22(24)4/h19-30H,5-18H2,1-4H3. The zero-order chi connectivity index (χ0) is 21.8. The molecule has 0 heterocycles. The average Bonchev–Trinajstić information content (AvgIpc) is 2.74. The molecule has 2 nitrogen and oxygen atoms in total. The van der Waals surface area contributed by atoms with Crippen LogP contribution in [-0.2, 0) is 0 Å². The number of rotatable bonds is 6. The average molecular weight is 449 g/mol. The summed E-state index contributed by atoms with van der Waals surface area (Å²) >= 11 is 2.41. The van der Waals surface area contributed by atoms with Crippen molar-refractivity contribution >= 4 is 11.8 Å². The van der Waals surface area contributed by atoms with Crippen LogP contribution in [0.4, 0.5) is 0 Å². The Morgan fingerprint density at radius 3 is 1.32 bits per heavy atom. The van der Waals surface area contributed by atoms with E-state index in [9.17, 15) is 0 Å². The maximum absolute atomic E-state index is 4.23. The van der Waals surface area contributed by atoms with Crippen LogP contribution in [0.3, 0.4) is 0 Å². The van der Waals surface area contributed by atoms with E-state index < -0.39 is 0 Å². The lowest BCUT2D eigenvalue weighted by molar-refractivity contribution is 0.198. The molecule has 4 aliphatic rings. The Kier molecular flexibility index (Phi) is 9.13. The lowest BCUT2D eigenvalue weighted by atomic mass is 9.79. The highest BCUT2D eigenvalue weighted by molar-refractivity contribution is 8.00. The van der Waals surface area contributed by atoms with E-state index in [1.54, 1.807) is 0 Å². The highest BCUT2D eigenvalue weighted by Crippen LogP contribution is 2.40. The number of hydrogen-bond donors (Lipinski definition) is 2. The third-order valence-corrected chi connectivity index (χ3v) is 11.3. The van der Waals surface area contributed by atoms with Crippen molar-refractivity contribution in [1.82, 2.24) is 10.6 Å². The van der Waals surface area contributed by atoms with Crippen LogP contribution in [0, 0.1) is 23.7 Å². The van der Waals surface area contributed by atoms with Gasteiger partial charge in [-0.1, -0.05) is 53.4 Å². The van der Waals surface area contributed by atoms with Crippen molar-refractivity contribution in [2.24, 2.45) is 23.7 Å². The fourth-order valence-electron chi connectivity index (χ4n) is 7.50. The SMILES string of the molecule is CC1CCC(NC2CCCCC2SC2CCCCC2NC2CCC(C)CC2C)C(C)C1. The molecule has 0 bridgehead atoms. The van der Waals surface area contributed by atoms with E-state index in [4.69, 9.17) is 0 Å². The number of hydrogen-bond acceptors (Lipinski definition) is 3. The van der Waals surface area contributed by atoms with Gasteiger partial charge in [-0.2, -0.15) is 11.8 Å². The van der Waals surface area contributed by atoms with Gasteiger partial charge in [0, 0.05) is 34.7 Å². The molecule has 4 aliphatic carbocycles. The smallest absolute Gasteiger partial charge is 0.0204 e. The molecule has 0 aromatic rings. The molecule has 31 heavy (non-hydrogen) atoms. The largest absolute Gasteiger partial charge is 0.310 e. The van der Waals surface area contributed by atoms with E-state index in [-0.39, 0.29) is 0 Å². The van der Waals surface area contributed by atoms with Crippen molar-refractivity contribution in [2.75, 3.05) is 0 Å². The fourth-order valence-corrected chi connectivity index (χ4v) is 9.36. The highest BCUT2D eigenvalue weighted by Gasteiger charge is 2.37. The molecule has 0 radical (unpaired) electrons. The van der Waals surface area contributed by atoms with Gasteiger partial charge in [0.15, 0.2) is 0 Å². The minimum atomic E-state index is 0.761. The molecule has 180 valence electrons. The van der Waals surface area contributed by atoms with Gasteiger partial charge in [0.25, 0.3) is 0 Å². The summed E-state index contributed by atoms with van der Waals surface area (Å²) in [5, 5.41) is 10.2. The molecule has 10 atom stereocenters. The Hall–Kier alpha value is 0.270. The summed E-state index contributed by atoms with van der Waals surface area (Å²) in [5.41, 5.74) is 0. The van der Waals surface area contributed by atoms with E-state index in [0.717, 1.165) is 58.3 Å².